The van der Waals surface area contributed by atoms with E-state index in [1.165, 1.54) is 0 Å². The Morgan fingerprint density at radius 3 is 1.94 bits per heavy atom. The third-order valence-electron chi connectivity index (χ3n) is 2.35. The maximum absolute atomic E-state index is 5.26. The molecule has 1 aromatic carbocycles. The fourth-order valence-electron chi connectivity index (χ4n) is 1.52. The Kier molecular flexibility index (Phi) is 4.92. The van der Waals surface area contributed by atoms with Crippen LogP contribution < -0.4 is 19.5 Å². The van der Waals surface area contributed by atoms with Crippen molar-refractivity contribution >= 4 is 0 Å². The van der Waals surface area contributed by atoms with Gasteiger partial charge in [0, 0.05) is 13.6 Å². The molecule has 1 rings (SSSR count). The molecule has 1 radical (unpaired) electrons. The number of rotatable bonds is 6. The summed E-state index contributed by atoms with van der Waals surface area (Å²) in [6, 6.07) is 3.90. The van der Waals surface area contributed by atoms with E-state index in [2.05, 4.69) is 5.32 Å². The lowest BCUT2D eigenvalue weighted by molar-refractivity contribution is 0.324. The molecule has 16 heavy (non-hydrogen) atoms. The van der Waals surface area contributed by atoms with Crippen LogP contribution in [0, 0.1) is 0 Å². The molecular formula is C12H18NO3. The van der Waals surface area contributed by atoms with Gasteiger partial charge >= 0.3 is 0 Å². The summed E-state index contributed by atoms with van der Waals surface area (Å²) in [5, 5.41) is 4.07. The van der Waals surface area contributed by atoms with Crippen molar-refractivity contribution < 1.29 is 14.2 Å². The van der Waals surface area contributed by atoms with Gasteiger partial charge in [-0.1, -0.05) is 0 Å². The summed E-state index contributed by atoms with van der Waals surface area (Å²) < 4.78 is 15.8. The molecule has 0 bridgehead atoms. The Labute approximate surface area is 96.5 Å². The van der Waals surface area contributed by atoms with Gasteiger partial charge in [0.1, 0.15) is 0 Å². The third-order valence-corrected chi connectivity index (χ3v) is 2.35. The normalized spacial score (nSPS) is 10.0. The van der Waals surface area contributed by atoms with Crippen LogP contribution in [-0.2, 0) is 6.42 Å². The molecule has 1 aromatic rings. The number of hydrogen-bond donors (Lipinski definition) is 0. The van der Waals surface area contributed by atoms with Crippen LogP contribution in [0.25, 0.3) is 0 Å². The summed E-state index contributed by atoms with van der Waals surface area (Å²) >= 11 is 0. The Bertz CT molecular complexity index is 314. The highest BCUT2D eigenvalue weighted by Crippen LogP contribution is 2.38. The molecule has 0 fully saturated rings. The Hall–Kier alpha value is -1.42. The van der Waals surface area contributed by atoms with Crippen molar-refractivity contribution in [3.63, 3.8) is 0 Å². The van der Waals surface area contributed by atoms with Gasteiger partial charge in [-0.25, -0.2) is 5.32 Å². The lowest BCUT2D eigenvalue weighted by Crippen LogP contribution is -2.04. The lowest BCUT2D eigenvalue weighted by atomic mass is 10.1. The quantitative estimate of drug-likeness (QED) is 0.735. The van der Waals surface area contributed by atoms with Crippen LogP contribution >= 0.6 is 0 Å². The summed E-state index contributed by atoms with van der Waals surface area (Å²) in [7, 11) is 6.63. The third kappa shape index (κ3) is 2.79. The smallest absolute Gasteiger partial charge is 0.203 e. The SMILES string of the molecule is C[N]CCc1cc(OC)c(OC)c(OC)c1. The van der Waals surface area contributed by atoms with Crippen molar-refractivity contribution in [2.75, 3.05) is 34.9 Å². The second-order valence-electron chi connectivity index (χ2n) is 3.32. The molecule has 0 spiro atoms. The van der Waals surface area contributed by atoms with Crippen molar-refractivity contribution in [3.05, 3.63) is 17.7 Å². The number of methoxy groups -OCH3 is 3. The van der Waals surface area contributed by atoms with Crippen molar-refractivity contribution in [1.29, 1.82) is 0 Å². The first-order valence-electron chi connectivity index (χ1n) is 5.11. The molecule has 0 atom stereocenters. The van der Waals surface area contributed by atoms with E-state index in [1.54, 1.807) is 28.4 Å². The minimum atomic E-state index is 0.627. The molecule has 0 aliphatic heterocycles. The van der Waals surface area contributed by atoms with Crippen molar-refractivity contribution in [2.24, 2.45) is 0 Å². The highest BCUT2D eigenvalue weighted by Gasteiger charge is 2.12. The predicted molar refractivity (Wildman–Crippen MR) is 62.7 cm³/mol. The second-order valence-corrected chi connectivity index (χ2v) is 3.32. The van der Waals surface area contributed by atoms with Gasteiger partial charge in [-0.15, -0.1) is 0 Å². The number of nitrogens with zero attached hydrogens (tertiary/aromatic N) is 1. The molecule has 4 nitrogen and oxygen atoms in total. The monoisotopic (exact) mass is 224 g/mol. The number of likely N-dealkylation sites (N-methyl/N-ethyl adjacent to an activating group) is 1. The minimum Gasteiger partial charge on any atom is -0.493 e. The van der Waals surface area contributed by atoms with Crippen LogP contribution in [0.1, 0.15) is 5.56 Å². The van der Waals surface area contributed by atoms with E-state index in [-0.39, 0.29) is 0 Å². The van der Waals surface area contributed by atoms with Crippen LogP contribution in [-0.4, -0.2) is 34.9 Å². The van der Waals surface area contributed by atoms with Crippen LogP contribution in [0.3, 0.4) is 0 Å². The fraction of sp³-hybridized carbons (Fsp3) is 0.500. The topological polar surface area (TPSA) is 41.8 Å². The minimum absolute atomic E-state index is 0.627. The molecule has 0 saturated carbocycles. The summed E-state index contributed by atoms with van der Waals surface area (Å²) in [4.78, 5) is 0. The first kappa shape index (κ1) is 12.6. The van der Waals surface area contributed by atoms with Gasteiger partial charge < -0.3 is 14.2 Å². The molecule has 0 unspecified atom stereocenters. The van der Waals surface area contributed by atoms with E-state index < -0.39 is 0 Å². The van der Waals surface area contributed by atoms with Crippen molar-refractivity contribution in [2.45, 2.75) is 6.42 Å². The molecular weight excluding hydrogens is 206 g/mol. The van der Waals surface area contributed by atoms with Gasteiger partial charge in [0.2, 0.25) is 5.75 Å². The van der Waals surface area contributed by atoms with Gasteiger partial charge in [0.25, 0.3) is 0 Å². The zero-order chi connectivity index (χ0) is 12.0. The van der Waals surface area contributed by atoms with Crippen LogP contribution in [0.2, 0.25) is 0 Å². The lowest BCUT2D eigenvalue weighted by Gasteiger charge is -2.13. The molecule has 0 aliphatic carbocycles. The van der Waals surface area contributed by atoms with E-state index in [0.29, 0.717) is 17.2 Å². The van der Waals surface area contributed by atoms with E-state index in [1.807, 2.05) is 12.1 Å². The first-order chi connectivity index (χ1) is 7.76. The van der Waals surface area contributed by atoms with Crippen LogP contribution in [0.5, 0.6) is 17.2 Å². The highest BCUT2D eigenvalue weighted by molar-refractivity contribution is 5.53. The van der Waals surface area contributed by atoms with E-state index in [4.69, 9.17) is 14.2 Å². The van der Waals surface area contributed by atoms with Gasteiger partial charge in [0.05, 0.1) is 21.3 Å². The summed E-state index contributed by atoms with van der Waals surface area (Å²) in [6.07, 6.45) is 0.868. The van der Waals surface area contributed by atoms with Gasteiger partial charge in [-0.3, -0.25) is 0 Å². The van der Waals surface area contributed by atoms with E-state index >= 15 is 0 Å². The summed E-state index contributed by atoms with van der Waals surface area (Å²) in [5.41, 5.74) is 1.13. The highest BCUT2D eigenvalue weighted by atomic mass is 16.5. The average Bonchev–Trinajstić information content (AvgIpc) is 2.34. The molecule has 0 saturated heterocycles. The number of hydrogen-bond acceptors (Lipinski definition) is 3. The zero-order valence-corrected chi connectivity index (χ0v) is 10.2. The average molecular weight is 224 g/mol. The Morgan fingerprint density at radius 2 is 1.56 bits per heavy atom. The molecule has 0 heterocycles. The van der Waals surface area contributed by atoms with Gasteiger partial charge in [-0.2, -0.15) is 0 Å². The fourth-order valence-corrected chi connectivity index (χ4v) is 1.52. The van der Waals surface area contributed by atoms with Crippen LogP contribution in [0.4, 0.5) is 0 Å². The van der Waals surface area contributed by atoms with E-state index in [9.17, 15) is 0 Å². The molecule has 0 aliphatic rings. The second kappa shape index (κ2) is 6.23. The largest absolute Gasteiger partial charge is 0.493 e. The van der Waals surface area contributed by atoms with E-state index in [0.717, 1.165) is 18.5 Å². The van der Waals surface area contributed by atoms with Gasteiger partial charge in [-0.05, 0) is 24.1 Å². The molecule has 89 valence electrons. The summed E-state index contributed by atoms with van der Waals surface area (Å²) in [6.45, 7) is 0.790. The standard InChI is InChI=1S/C12H18NO3/c1-13-6-5-9-7-10(14-2)12(16-4)11(8-9)15-3/h7-8H,5-6H2,1-4H3. The number of benzene rings is 1. The summed E-state index contributed by atoms with van der Waals surface area (Å²) in [5.74, 6) is 2.00. The van der Waals surface area contributed by atoms with Gasteiger partial charge in [0.15, 0.2) is 11.5 Å². The first-order valence-corrected chi connectivity index (χ1v) is 5.11. The predicted octanol–water partition coefficient (Wildman–Crippen LogP) is 1.49. The zero-order valence-electron chi connectivity index (χ0n) is 10.2. The molecule has 4 heteroatoms. The van der Waals surface area contributed by atoms with Crippen molar-refractivity contribution in [1.82, 2.24) is 5.32 Å². The van der Waals surface area contributed by atoms with Crippen molar-refractivity contribution in [3.8, 4) is 17.2 Å². The maximum atomic E-state index is 5.26. The molecule has 0 aromatic heterocycles. The molecule has 0 amide bonds. The maximum Gasteiger partial charge on any atom is 0.203 e. The molecule has 0 N–H and O–H groups in total. The Morgan fingerprint density at radius 1 is 1.00 bits per heavy atom. The van der Waals surface area contributed by atoms with Crippen LogP contribution in [0.15, 0.2) is 12.1 Å². The Balaban J connectivity index is 3.05. The number of ether oxygens (including phenoxy) is 3.